The van der Waals surface area contributed by atoms with E-state index in [1.54, 1.807) is 0 Å². The summed E-state index contributed by atoms with van der Waals surface area (Å²) < 4.78 is 25.1. The molecule has 1 aromatic carbocycles. The third kappa shape index (κ3) is 1.63. The molecule has 4 heteroatoms. The molecular formula is C7H7F2NS. The number of thiol groups is 1. The number of hydrogen-bond acceptors (Lipinski definition) is 2. The Morgan fingerprint density at radius 2 is 2.00 bits per heavy atom. The maximum absolute atomic E-state index is 12.6. The van der Waals surface area contributed by atoms with Gasteiger partial charge in [-0.05, 0) is 11.6 Å². The molecule has 1 aromatic rings. The van der Waals surface area contributed by atoms with E-state index in [0.29, 0.717) is 5.56 Å². The Bertz CT molecular complexity index is 275. The summed E-state index contributed by atoms with van der Waals surface area (Å²) in [7, 11) is 0. The van der Waals surface area contributed by atoms with Gasteiger partial charge in [0.2, 0.25) is 0 Å². The van der Waals surface area contributed by atoms with Crippen LogP contribution in [0.15, 0.2) is 12.1 Å². The molecule has 60 valence electrons. The van der Waals surface area contributed by atoms with Gasteiger partial charge in [0, 0.05) is 11.8 Å². The number of anilines is 1. The van der Waals surface area contributed by atoms with Gasteiger partial charge < -0.3 is 5.73 Å². The molecule has 1 nitrogen and oxygen atoms in total. The van der Waals surface area contributed by atoms with Gasteiger partial charge in [0.25, 0.3) is 0 Å². The number of rotatable bonds is 1. The Hall–Kier alpha value is -0.770. The van der Waals surface area contributed by atoms with Crippen molar-refractivity contribution in [1.82, 2.24) is 0 Å². The SMILES string of the molecule is Nc1c(F)cc(F)cc1CS. The fourth-order valence-electron chi connectivity index (χ4n) is 0.769. The van der Waals surface area contributed by atoms with E-state index in [2.05, 4.69) is 12.6 Å². The molecule has 0 atom stereocenters. The first-order valence-electron chi connectivity index (χ1n) is 2.99. The molecule has 0 unspecified atom stereocenters. The van der Waals surface area contributed by atoms with Crippen molar-refractivity contribution in [3.63, 3.8) is 0 Å². The summed E-state index contributed by atoms with van der Waals surface area (Å²) >= 11 is 3.86. The summed E-state index contributed by atoms with van der Waals surface area (Å²) in [5.74, 6) is -1.12. The summed E-state index contributed by atoms with van der Waals surface area (Å²) in [5.41, 5.74) is 5.63. The third-order valence-corrected chi connectivity index (χ3v) is 1.69. The molecule has 0 aliphatic heterocycles. The van der Waals surface area contributed by atoms with Gasteiger partial charge in [-0.25, -0.2) is 8.78 Å². The van der Waals surface area contributed by atoms with Crippen molar-refractivity contribution in [3.05, 3.63) is 29.3 Å². The Balaban J connectivity index is 3.24. The van der Waals surface area contributed by atoms with Crippen LogP contribution in [0.2, 0.25) is 0 Å². The number of nitrogen functional groups attached to an aromatic ring is 1. The van der Waals surface area contributed by atoms with Crippen molar-refractivity contribution in [2.45, 2.75) is 5.75 Å². The lowest BCUT2D eigenvalue weighted by Crippen LogP contribution is -1.97. The fraction of sp³-hybridized carbons (Fsp3) is 0.143. The number of benzene rings is 1. The average molecular weight is 175 g/mol. The predicted octanol–water partition coefficient (Wildman–Crippen LogP) is 1.98. The lowest BCUT2D eigenvalue weighted by molar-refractivity contribution is 0.584. The second-order valence-corrected chi connectivity index (χ2v) is 2.43. The van der Waals surface area contributed by atoms with Crippen LogP contribution in [-0.2, 0) is 5.75 Å². The second kappa shape index (κ2) is 3.09. The Morgan fingerprint density at radius 3 is 2.55 bits per heavy atom. The Kier molecular flexibility index (Phi) is 2.34. The van der Waals surface area contributed by atoms with Crippen molar-refractivity contribution >= 4 is 18.3 Å². The number of nitrogens with two attached hydrogens (primary N) is 1. The molecule has 0 radical (unpaired) electrons. The molecule has 0 aliphatic carbocycles. The van der Waals surface area contributed by atoms with Crippen LogP contribution in [0.1, 0.15) is 5.56 Å². The normalized spacial score (nSPS) is 10.1. The molecule has 0 saturated heterocycles. The molecule has 0 bridgehead atoms. The van der Waals surface area contributed by atoms with Crippen LogP contribution in [0.25, 0.3) is 0 Å². The Labute approximate surface area is 68.6 Å². The van der Waals surface area contributed by atoms with Gasteiger partial charge in [-0.15, -0.1) is 0 Å². The highest BCUT2D eigenvalue weighted by atomic mass is 32.1. The summed E-state index contributed by atoms with van der Waals surface area (Å²) in [4.78, 5) is 0. The molecule has 0 aliphatic rings. The molecule has 11 heavy (non-hydrogen) atoms. The van der Waals surface area contributed by atoms with Gasteiger partial charge in [-0.1, -0.05) is 0 Å². The van der Waals surface area contributed by atoms with Crippen LogP contribution < -0.4 is 5.73 Å². The molecule has 1 rings (SSSR count). The van der Waals surface area contributed by atoms with E-state index >= 15 is 0 Å². The van der Waals surface area contributed by atoms with E-state index in [0.717, 1.165) is 6.07 Å². The van der Waals surface area contributed by atoms with E-state index in [1.165, 1.54) is 6.07 Å². The fourth-order valence-corrected chi connectivity index (χ4v) is 1.03. The smallest absolute Gasteiger partial charge is 0.149 e. The zero-order valence-corrected chi connectivity index (χ0v) is 6.54. The molecule has 0 saturated carbocycles. The zero-order chi connectivity index (χ0) is 8.43. The van der Waals surface area contributed by atoms with E-state index in [4.69, 9.17) is 5.73 Å². The monoisotopic (exact) mass is 175 g/mol. The van der Waals surface area contributed by atoms with Gasteiger partial charge in [-0.3, -0.25) is 0 Å². The van der Waals surface area contributed by atoms with E-state index < -0.39 is 11.6 Å². The molecular weight excluding hydrogens is 168 g/mol. The van der Waals surface area contributed by atoms with Gasteiger partial charge in [0.1, 0.15) is 11.6 Å². The summed E-state index contributed by atoms with van der Waals surface area (Å²) in [6.45, 7) is 0. The zero-order valence-electron chi connectivity index (χ0n) is 5.64. The minimum absolute atomic E-state index is 0.0265. The van der Waals surface area contributed by atoms with Gasteiger partial charge in [-0.2, -0.15) is 12.6 Å². The standard InChI is InChI=1S/C7H7F2NS/c8-5-1-4(3-11)7(10)6(9)2-5/h1-2,11H,3,10H2. The molecule has 0 amide bonds. The van der Waals surface area contributed by atoms with Gasteiger partial charge in [0.15, 0.2) is 0 Å². The molecule has 0 aromatic heterocycles. The van der Waals surface area contributed by atoms with Crippen LogP contribution in [-0.4, -0.2) is 0 Å². The highest BCUT2D eigenvalue weighted by Crippen LogP contribution is 2.19. The first-order chi connectivity index (χ1) is 5.15. The van der Waals surface area contributed by atoms with Crippen LogP contribution in [0.3, 0.4) is 0 Å². The minimum atomic E-state index is -0.728. The largest absolute Gasteiger partial charge is 0.396 e. The number of hydrogen-bond donors (Lipinski definition) is 2. The summed E-state index contributed by atoms with van der Waals surface area (Å²) in [6.07, 6.45) is 0. The highest BCUT2D eigenvalue weighted by molar-refractivity contribution is 7.79. The topological polar surface area (TPSA) is 26.0 Å². The van der Waals surface area contributed by atoms with Crippen LogP contribution in [0.5, 0.6) is 0 Å². The van der Waals surface area contributed by atoms with Gasteiger partial charge >= 0.3 is 0 Å². The van der Waals surface area contributed by atoms with E-state index in [-0.39, 0.29) is 11.4 Å². The van der Waals surface area contributed by atoms with E-state index in [9.17, 15) is 8.78 Å². The van der Waals surface area contributed by atoms with Crippen LogP contribution in [0, 0.1) is 11.6 Å². The van der Waals surface area contributed by atoms with Crippen molar-refractivity contribution in [3.8, 4) is 0 Å². The first kappa shape index (κ1) is 8.33. The number of halogens is 2. The lowest BCUT2D eigenvalue weighted by Gasteiger charge is -2.02. The van der Waals surface area contributed by atoms with Crippen molar-refractivity contribution in [1.29, 1.82) is 0 Å². The third-order valence-electron chi connectivity index (χ3n) is 1.35. The lowest BCUT2D eigenvalue weighted by atomic mass is 10.2. The summed E-state index contributed by atoms with van der Waals surface area (Å²) in [5, 5.41) is 0. The van der Waals surface area contributed by atoms with Crippen LogP contribution >= 0.6 is 12.6 Å². The van der Waals surface area contributed by atoms with Crippen molar-refractivity contribution in [2.24, 2.45) is 0 Å². The Morgan fingerprint density at radius 1 is 1.36 bits per heavy atom. The van der Waals surface area contributed by atoms with Gasteiger partial charge in [0.05, 0.1) is 5.69 Å². The highest BCUT2D eigenvalue weighted by Gasteiger charge is 2.05. The molecule has 0 fully saturated rings. The maximum atomic E-state index is 12.6. The van der Waals surface area contributed by atoms with Crippen molar-refractivity contribution in [2.75, 3.05) is 5.73 Å². The molecule has 0 spiro atoms. The average Bonchev–Trinajstić information content (AvgIpc) is 1.96. The maximum Gasteiger partial charge on any atom is 0.149 e. The minimum Gasteiger partial charge on any atom is -0.396 e. The van der Waals surface area contributed by atoms with Crippen molar-refractivity contribution < 1.29 is 8.78 Å². The second-order valence-electron chi connectivity index (χ2n) is 2.12. The molecule has 2 N–H and O–H groups in total. The molecule has 0 heterocycles. The van der Waals surface area contributed by atoms with Crippen LogP contribution in [0.4, 0.5) is 14.5 Å². The quantitative estimate of drug-likeness (QED) is 0.495. The first-order valence-corrected chi connectivity index (χ1v) is 3.62. The predicted molar refractivity (Wildman–Crippen MR) is 43.5 cm³/mol. The summed E-state index contributed by atoms with van der Waals surface area (Å²) in [6, 6.07) is 1.92. The van der Waals surface area contributed by atoms with E-state index in [1.807, 2.05) is 0 Å².